The molecule has 0 unspecified atom stereocenters. The number of sulfonamides is 1. The van der Waals surface area contributed by atoms with Crippen molar-refractivity contribution >= 4 is 15.9 Å². The van der Waals surface area contributed by atoms with Gasteiger partial charge in [-0.25, -0.2) is 8.42 Å². The van der Waals surface area contributed by atoms with Gasteiger partial charge in [-0.05, 0) is 44.2 Å². The van der Waals surface area contributed by atoms with Crippen LogP contribution in [0.15, 0.2) is 53.4 Å². The summed E-state index contributed by atoms with van der Waals surface area (Å²) < 4.78 is 37.8. The van der Waals surface area contributed by atoms with Crippen LogP contribution in [0.5, 0.6) is 11.5 Å². The van der Waals surface area contributed by atoms with Gasteiger partial charge in [-0.3, -0.25) is 4.79 Å². The average Bonchev–Trinajstić information content (AvgIpc) is 2.66. The van der Waals surface area contributed by atoms with E-state index in [1.165, 1.54) is 19.1 Å². The van der Waals surface area contributed by atoms with Crippen molar-refractivity contribution in [3.05, 3.63) is 54.1 Å². The molecule has 146 valence electrons. The SMILES string of the molecule is CCOc1ccc(S(=O)(=O)N[C@H](C)C(=O)NCc2ccccc2OC)cc1. The summed E-state index contributed by atoms with van der Waals surface area (Å²) >= 11 is 0. The maximum Gasteiger partial charge on any atom is 0.241 e. The maximum absolute atomic E-state index is 12.4. The van der Waals surface area contributed by atoms with Gasteiger partial charge in [0.05, 0.1) is 24.7 Å². The fourth-order valence-corrected chi connectivity index (χ4v) is 3.62. The van der Waals surface area contributed by atoms with Crippen molar-refractivity contribution in [2.45, 2.75) is 31.3 Å². The Morgan fingerprint density at radius 1 is 1.11 bits per heavy atom. The molecule has 0 heterocycles. The number of hydrogen-bond donors (Lipinski definition) is 2. The lowest BCUT2D eigenvalue weighted by atomic mass is 10.2. The minimum atomic E-state index is -3.82. The van der Waals surface area contributed by atoms with Gasteiger partial charge in [-0.2, -0.15) is 4.72 Å². The first kappa shape index (κ1) is 20.7. The molecule has 27 heavy (non-hydrogen) atoms. The summed E-state index contributed by atoms with van der Waals surface area (Å²) in [6.45, 7) is 4.06. The minimum absolute atomic E-state index is 0.0651. The van der Waals surface area contributed by atoms with Crippen molar-refractivity contribution in [2.75, 3.05) is 13.7 Å². The zero-order valence-electron chi connectivity index (χ0n) is 15.6. The van der Waals surface area contributed by atoms with Crippen LogP contribution in [0.4, 0.5) is 0 Å². The zero-order chi connectivity index (χ0) is 19.9. The second-order valence-corrected chi connectivity index (χ2v) is 7.49. The highest BCUT2D eigenvalue weighted by molar-refractivity contribution is 7.89. The first-order valence-corrected chi connectivity index (χ1v) is 10.0. The van der Waals surface area contributed by atoms with E-state index in [1.54, 1.807) is 25.3 Å². The lowest BCUT2D eigenvalue weighted by Crippen LogP contribution is -2.44. The van der Waals surface area contributed by atoms with E-state index in [1.807, 2.05) is 25.1 Å². The predicted octanol–water partition coefficient (Wildman–Crippen LogP) is 2.08. The van der Waals surface area contributed by atoms with Crippen LogP contribution in [0.2, 0.25) is 0 Å². The van der Waals surface area contributed by atoms with E-state index in [4.69, 9.17) is 9.47 Å². The molecule has 2 N–H and O–H groups in total. The van der Waals surface area contributed by atoms with E-state index in [9.17, 15) is 13.2 Å². The summed E-state index contributed by atoms with van der Waals surface area (Å²) in [4.78, 5) is 12.3. The fraction of sp³-hybridized carbons (Fsp3) is 0.316. The molecule has 2 rings (SSSR count). The molecule has 8 heteroatoms. The third kappa shape index (κ3) is 5.70. The van der Waals surface area contributed by atoms with Gasteiger partial charge in [-0.15, -0.1) is 0 Å². The Labute approximate surface area is 159 Å². The summed E-state index contributed by atoms with van der Waals surface area (Å²) in [5, 5.41) is 2.71. The third-order valence-corrected chi connectivity index (χ3v) is 5.37. The largest absolute Gasteiger partial charge is 0.496 e. The summed E-state index contributed by atoms with van der Waals surface area (Å²) in [5.74, 6) is 0.801. The quantitative estimate of drug-likeness (QED) is 0.681. The van der Waals surface area contributed by atoms with Crippen molar-refractivity contribution in [1.29, 1.82) is 0 Å². The number of carbonyl (C=O) groups excluding carboxylic acids is 1. The third-order valence-electron chi connectivity index (χ3n) is 3.82. The Kier molecular flexibility index (Phi) is 7.20. The van der Waals surface area contributed by atoms with Gasteiger partial charge in [-0.1, -0.05) is 18.2 Å². The van der Waals surface area contributed by atoms with Gasteiger partial charge in [0, 0.05) is 12.1 Å². The van der Waals surface area contributed by atoms with Crippen LogP contribution in [0.3, 0.4) is 0 Å². The lowest BCUT2D eigenvalue weighted by molar-refractivity contribution is -0.122. The average molecular weight is 392 g/mol. The number of para-hydroxylation sites is 1. The lowest BCUT2D eigenvalue weighted by Gasteiger charge is -2.15. The molecular weight excluding hydrogens is 368 g/mol. The van der Waals surface area contributed by atoms with E-state index in [-0.39, 0.29) is 11.4 Å². The summed E-state index contributed by atoms with van der Waals surface area (Å²) in [6.07, 6.45) is 0. The molecule has 0 bridgehead atoms. The van der Waals surface area contributed by atoms with Crippen LogP contribution in [0.1, 0.15) is 19.4 Å². The molecule has 2 aromatic rings. The standard InChI is InChI=1S/C19H24N2O5S/c1-4-26-16-9-11-17(12-10-16)27(23,24)21-14(2)19(22)20-13-15-7-5-6-8-18(15)25-3/h5-12,14,21H,4,13H2,1-3H3,(H,20,22)/t14-/m1/s1. The van der Waals surface area contributed by atoms with Gasteiger partial charge in [0.25, 0.3) is 0 Å². The van der Waals surface area contributed by atoms with Gasteiger partial charge >= 0.3 is 0 Å². The molecule has 0 aliphatic carbocycles. The van der Waals surface area contributed by atoms with E-state index in [2.05, 4.69) is 10.0 Å². The van der Waals surface area contributed by atoms with Crippen LogP contribution < -0.4 is 19.5 Å². The molecule has 0 aromatic heterocycles. The highest BCUT2D eigenvalue weighted by atomic mass is 32.2. The van der Waals surface area contributed by atoms with Gasteiger partial charge in [0.2, 0.25) is 15.9 Å². The van der Waals surface area contributed by atoms with Crippen molar-refractivity contribution in [1.82, 2.24) is 10.0 Å². The summed E-state index contributed by atoms with van der Waals surface area (Å²) in [6, 6.07) is 12.4. The Balaban J connectivity index is 1.98. The molecule has 0 saturated carbocycles. The Morgan fingerprint density at radius 3 is 2.41 bits per heavy atom. The van der Waals surface area contributed by atoms with Crippen LogP contribution in [-0.2, 0) is 21.4 Å². The van der Waals surface area contributed by atoms with Gasteiger partial charge in [0.1, 0.15) is 11.5 Å². The van der Waals surface area contributed by atoms with E-state index in [0.717, 1.165) is 5.56 Å². The molecule has 0 radical (unpaired) electrons. The monoisotopic (exact) mass is 392 g/mol. The van der Waals surface area contributed by atoms with Gasteiger partial charge in [0.15, 0.2) is 0 Å². The Bertz CT molecular complexity index is 866. The number of benzene rings is 2. The van der Waals surface area contributed by atoms with Gasteiger partial charge < -0.3 is 14.8 Å². The Hall–Kier alpha value is -2.58. The number of methoxy groups -OCH3 is 1. The van der Waals surface area contributed by atoms with Crippen LogP contribution >= 0.6 is 0 Å². The molecule has 1 atom stereocenters. The second kappa shape index (κ2) is 9.38. The van der Waals surface area contributed by atoms with E-state index >= 15 is 0 Å². The molecule has 2 aromatic carbocycles. The number of carbonyl (C=O) groups is 1. The molecule has 0 fully saturated rings. The highest BCUT2D eigenvalue weighted by Gasteiger charge is 2.22. The molecule has 1 amide bonds. The van der Waals surface area contributed by atoms with Crippen LogP contribution in [0.25, 0.3) is 0 Å². The maximum atomic E-state index is 12.4. The number of amides is 1. The zero-order valence-corrected chi connectivity index (χ0v) is 16.4. The van der Waals surface area contributed by atoms with Crippen molar-refractivity contribution in [3.8, 4) is 11.5 Å². The minimum Gasteiger partial charge on any atom is -0.496 e. The topological polar surface area (TPSA) is 93.7 Å². The van der Waals surface area contributed by atoms with Crippen molar-refractivity contribution < 1.29 is 22.7 Å². The van der Waals surface area contributed by atoms with E-state index in [0.29, 0.717) is 18.1 Å². The number of hydrogen-bond acceptors (Lipinski definition) is 5. The Morgan fingerprint density at radius 2 is 1.78 bits per heavy atom. The molecule has 0 aliphatic heterocycles. The first-order chi connectivity index (χ1) is 12.9. The summed E-state index contributed by atoms with van der Waals surface area (Å²) in [5.41, 5.74) is 0.801. The second-order valence-electron chi connectivity index (χ2n) is 5.78. The van der Waals surface area contributed by atoms with Crippen molar-refractivity contribution in [2.24, 2.45) is 0 Å². The van der Waals surface area contributed by atoms with Crippen LogP contribution in [-0.4, -0.2) is 34.1 Å². The molecular formula is C19H24N2O5S. The first-order valence-electron chi connectivity index (χ1n) is 8.52. The van der Waals surface area contributed by atoms with Crippen molar-refractivity contribution in [3.63, 3.8) is 0 Å². The number of ether oxygens (including phenoxy) is 2. The van der Waals surface area contributed by atoms with E-state index < -0.39 is 22.0 Å². The molecule has 0 spiro atoms. The fourth-order valence-electron chi connectivity index (χ4n) is 2.42. The smallest absolute Gasteiger partial charge is 0.241 e. The highest BCUT2D eigenvalue weighted by Crippen LogP contribution is 2.17. The normalized spacial score (nSPS) is 12.3. The van der Waals surface area contributed by atoms with Crippen LogP contribution in [0, 0.1) is 0 Å². The summed E-state index contributed by atoms with van der Waals surface area (Å²) in [7, 11) is -2.27. The number of rotatable bonds is 9. The number of nitrogens with one attached hydrogen (secondary N) is 2. The molecule has 0 aliphatic rings. The molecule has 0 saturated heterocycles. The predicted molar refractivity (Wildman–Crippen MR) is 102 cm³/mol. The molecule has 7 nitrogen and oxygen atoms in total.